The molecule has 5 nitrogen and oxygen atoms in total. The number of nitrogen functional groups attached to an aromatic ring is 1. The van der Waals surface area contributed by atoms with Crippen LogP contribution in [0.4, 0.5) is 5.69 Å². The summed E-state index contributed by atoms with van der Waals surface area (Å²) in [6.07, 6.45) is 0.787. The molecule has 0 atom stereocenters. The van der Waals surface area contributed by atoms with Gasteiger partial charge in [-0.3, -0.25) is 5.84 Å². The van der Waals surface area contributed by atoms with Crippen molar-refractivity contribution in [2.24, 2.45) is 5.84 Å². The Labute approximate surface area is 119 Å². The van der Waals surface area contributed by atoms with E-state index in [-0.39, 0.29) is 0 Å². The number of halogens is 1. The molecule has 0 fully saturated rings. The van der Waals surface area contributed by atoms with Gasteiger partial charge in [-0.1, -0.05) is 15.9 Å². The second-order valence-electron chi connectivity index (χ2n) is 4.33. The Hall–Kier alpha value is -1.37. The molecule has 1 aliphatic rings. The lowest BCUT2D eigenvalue weighted by atomic mass is 10.0. The van der Waals surface area contributed by atoms with E-state index in [4.69, 9.17) is 20.3 Å². The van der Waals surface area contributed by atoms with E-state index in [0.717, 1.165) is 44.5 Å². The number of nitrogens with one attached hydrogen (secondary N) is 1. The Morgan fingerprint density at radius 2 is 2.32 bits per heavy atom. The molecule has 1 aromatic heterocycles. The van der Waals surface area contributed by atoms with Gasteiger partial charge in [0.05, 0.1) is 31.7 Å². The molecule has 2 heterocycles. The number of fused-ring (bicyclic) bond motifs is 2. The summed E-state index contributed by atoms with van der Waals surface area (Å²) in [6.45, 7) is 1.22. The molecule has 0 amide bonds. The summed E-state index contributed by atoms with van der Waals surface area (Å²) in [5.41, 5.74) is 6.49. The summed E-state index contributed by atoms with van der Waals surface area (Å²) >= 11 is 3.55. The highest BCUT2D eigenvalue weighted by Gasteiger charge is 2.21. The Bertz CT molecular complexity index is 646. The fourth-order valence-electron chi connectivity index (χ4n) is 2.42. The zero-order valence-electron chi connectivity index (χ0n) is 10.5. The Balaban J connectivity index is 2.42. The normalized spacial score (nSPS) is 14.3. The van der Waals surface area contributed by atoms with Crippen LogP contribution in [0.15, 0.2) is 16.6 Å². The van der Waals surface area contributed by atoms with E-state index in [0.29, 0.717) is 13.2 Å². The third-order valence-electron chi connectivity index (χ3n) is 3.33. The molecule has 1 aliphatic heterocycles. The molecule has 100 valence electrons. The van der Waals surface area contributed by atoms with Crippen LogP contribution in [0.2, 0.25) is 0 Å². The molecule has 1 aromatic carbocycles. The highest BCUT2D eigenvalue weighted by Crippen LogP contribution is 2.39. The first-order valence-corrected chi connectivity index (χ1v) is 6.78. The quantitative estimate of drug-likeness (QED) is 0.656. The van der Waals surface area contributed by atoms with Crippen molar-refractivity contribution in [3.05, 3.63) is 27.9 Å². The van der Waals surface area contributed by atoms with Crippen LogP contribution in [0, 0.1) is 0 Å². The summed E-state index contributed by atoms with van der Waals surface area (Å²) in [6, 6.07) is 3.82. The van der Waals surface area contributed by atoms with Crippen LogP contribution in [-0.4, -0.2) is 18.7 Å². The van der Waals surface area contributed by atoms with E-state index < -0.39 is 0 Å². The first-order valence-electron chi connectivity index (χ1n) is 5.98. The molecular formula is C13H14BrN3O2. The summed E-state index contributed by atoms with van der Waals surface area (Å²) in [5, 5.41) is 0.922. The number of aromatic nitrogens is 1. The minimum Gasteiger partial charge on any atom is -0.494 e. The van der Waals surface area contributed by atoms with Crippen molar-refractivity contribution in [2.45, 2.75) is 13.0 Å². The number of benzene rings is 1. The van der Waals surface area contributed by atoms with E-state index >= 15 is 0 Å². The van der Waals surface area contributed by atoms with Gasteiger partial charge in [-0.05, 0) is 12.1 Å². The van der Waals surface area contributed by atoms with Crippen LogP contribution >= 0.6 is 15.9 Å². The fraction of sp³-hybridized carbons (Fsp3) is 0.308. The molecule has 0 saturated carbocycles. The van der Waals surface area contributed by atoms with E-state index in [1.165, 1.54) is 0 Å². The highest BCUT2D eigenvalue weighted by atomic mass is 79.9. The van der Waals surface area contributed by atoms with Crippen molar-refractivity contribution in [3.8, 4) is 5.75 Å². The molecule has 0 radical (unpaired) electrons. The number of hydrazine groups is 1. The van der Waals surface area contributed by atoms with Gasteiger partial charge in [0.2, 0.25) is 0 Å². The second kappa shape index (κ2) is 4.96. The average molecular weight is 324 g/mol. The second-order valence-corrected chi connectivity index (χ2v) is 5.19. The first kappa shape index (κ1) is 12.7. The maximum Gasteiger partial charge on any atom is 0.145 e. The van der Waals surface area contributed by atoms with Crippen LogP contribution in [0.25, 0.3) is 10.9 Å². The van der Waals surface area contributed by atoms with Crippen LogP contribution in [0.1, 0.15) is 11.3 Å². The van der Waals surface area contributed by atoms with Gasteiger partial charge in [0.1, 0.15) is 11.3 Å². The van der Waals surface area contributed by atoms with Gasteiger partial charge in [-0.25, -0.2) is 4.98 Å². The standard InChI is InChI=1S/C13H14BrN3O2/c1-18-10-3-2-8(14)11-12(17-15)7-6-19-5-4-9(7)16-13(10)11/h2-3H,4-6,15H2,1H3,(H,16,17). The Morgan fingerprint density at radius 1 is 1.47 bits per heavy atom. The van der Waals surface area contributed by atoms with Gasteiger partial charge in [-0.15, -0.1) is 0 Å². The molecule has 2 aromatic rings. The van der Waals surface area contributed by atoms with E-state index in [1.807, 2.05) is 12.1 Å². The fourth-order valence-corrected chi connectivity index (χ4v) is 2.94. The van der Waals surface area contributed by atoms with Crippen LogP contribution in [0.5, 0.6) is 5.75 Å². The molecule has 3 rings (SSSR count). The zero-order chi connectivity index (χ0) is 13.4. The topological polar surface area (TPSA) is 69.4 Å². The predicted octanol–water partition coefficient (Wildman–Crippen LogP) is 2.36. The zero-order valence-corrected chi connectivity index (χ0v) is 12.1. The van der Waals surface area contributed by atoms with Gasteiger partial charge < -0.3 is 14.9 Å². The number of hydrogen-bond donors (Lipinski definition) is 2. The monoisotopic (exact) mass is 323 g/mol. The number of nitrogens with two attached hydrogens (primary N) is 1. The molecular weight excluding hydrogens is 310 g/mol. The lowest BCUT2D eigenvalue weighted by molar-refractivity contribution is 0.110. The number of nitrogens with zero attached hydrogens (tertiary/aromatic N) is 1. The maximum atomic E-state index is 5.71. The predicted molar refractivity (Wildman–Crippen MR) is 77.2 cm³/mol. The molecule has 3 N–H and O–H groups in total. The summed E-state index contributed by atoms with van der Waals surface area (Å²) < 4.78 is 11.8. The summed E-state index contributed by atoms with van der Waals surface area (Å²) in [4.78, 5) is 4.73. The maximum absolute atomic E-state index is 5.71. The third-order valence-corrected chi connectivity index (χ3v) is 3.99. The first-order chi connectivity index (χ1) is 9.26. The van der Waals surface area contributed by atoms with Gasteiger partial charge in [0, 0.05) is 21.8 Å². The lowest BCUT2D eigenvalue weighted by Crippen LogP contribution is -2.18. The molecule has 0 spiro atoms. The van der Waals surface area contributed by atoms with Crippen LogP contribution < -0.4 is 16.0 Å². The van der Waals surface area contributed by atoms with Crippen molar-refractivity contribution in [1.82, 2.24) is 4.98 Å². The number of rotatable bonds is 2. The van der Waals surface area contributed by atoms with Crippen molar-refractivity contribution >= 4 is 32.5 Å². The third kappa shape index (κ3) is 1.96. The van der Waals surface area contributed by atoms with E-state index in [9.17, 15) is 0 Å². The Morgan fingerprint density at radius 3 is 3.05 bits per heavy atom. The largest absolute Gasteiger partial charge is 0.494 e. The van der Waals surface area contributed by atoms with Gasteiger partial charge in [0.25, 0.3) is 0 Å². The van der Waals surface area contributed by atoms with Crippen molar-refractivity contribution in [2.75, 3.05) is 19.1 Å². The summed E-state index contributed by atoms with van der Waals surface area (Å²) in [7, 11) is 1.64. The minimum atomic E-state index is 0.529. The smallest absolute Gasteiger partial charge is 0.145 e. The SMILES string of the molecule is COc1ccc(Br)c2c(NN)c3c(nc12)CCOC3. The molecule has 0 saturated heterocycles. The van der Waals surface area contributed by atoms with Crippen molar-refractivity contribution < 1.29 is 9.47 Å². The summed E-state index contributed by atoms with van der Waals surface area (Å²) in [5.74, 6) is 6.45. The highest BCUT2D eigenvalue weighted by molar-refractivity contribution is 9.10. The number of pyridine rings is 1. The average Bonchev–Trinajstić information content (AvgIpc) is 2.45. The van der Waals surface area contributed by atoms with Gasteiger partial charge in [-0.2, -0.15) is 0 Å². The molecule has 0 bridgehead atoms. The molecule has 0 aliphatic carbocycles. The van der Waals surface area contributed by atoms with Crippen LogP contribution in [0.3, 0.4) is 0 Å². The van der Waals surface area contributed by atoms with Crippen molar-refractivity contribution in [3.63, 3.8) is 0 Å². The van der Waals surface area contributed by atoms with E-state index in [1.54, 1.807) is 7.11 Å². The lowest BCUT2D eigenvalue weighted by Gasteiger charge is -2.21. The number of hydrogen-bond acceptors (Lipinski definition) is 5. The minimum absolute atomic E-state index is 0.529. The van der Waals surface area contributed by atoms with Crippen molar-refractivity contribution in [1.29, 1.82) is 0 Å². The number of ether oxygens (including phenoxy) is 2. The van der Waals surface area contributed by atoms with Gasteiger partial charge >= 0.3 is 0 Å². The number of methoxy groups -OCH3 is 1. The molecule has 19 heavy (non-hydrogen) atoms. The molecule has 6 heteroatoms. The number of anilines is 1. The van der Waals surface area contributed by atoms with Gasteiger partial charge in [0.15, 0.2) is 0 Å². The Kier molecular flexibility index (Phi) is 3.30. The van der Waals surface area contributed by atoms with Crippen LogP contribution in [-0.2, 0) is 17.8 Å². The molecule has 0 unspecified atom stereocenters. The van der Waals surface area contributed by atoms with E-state index in [2.05, 4.69) is 21.4 Å².